The fourth-order valence-electron chi connectivity index (χ4n) is 0.969. The number of imidazole rings is 1. The quantitative estimate of drug-likeness (QED) is 0.586. The molecule has 6 nitrogen and oxygen atoms in total. The standard InChI is InChI=1S/C6H8N6/c1-7-11-12-4-10-5-2-8-3-9-6(5)12/h2-4,7,11H,1H3. The third-order valence-corrected chi connectivity index (χ3v) is 1.45. The summed E-state index contributed by atoms with van der Waals surface area (Å²) >= 11 is 0. The van der Waals surface area contributed by atoms with E-state index in [1.165, 1.54) is 6.33 Å². The molecule has 0 spiro atoms. The molecule has 0 aliphatic rings. The van der Waals surface area contributed by atoms with Gasteiger partial charge in [-0.15, -0.1) is 0 Å². The van der Waals surface area contributed by atoms with E-state index in [9.17, 15) is 0 Å². The first kappa shape index (κ1) is 6.99. The van der Waals surface area contributed by atoms with Gasteiger partial charge in [-0.05, 0) is 0 Å². The number of nitrogens with zero attached hydrogens (tertiary/aromatic N) is 4. The summed E-state index contributed by atoms with van der Waals surface area (Å²) in [4.78, 5) is 12.0. The molecule has 0 aliphatic heterocycles. The van der Waals surface area contributed by atoms with Crippen LogP contribution in [0.1, 0.15) is 0 Å². The molecule has 0 aromatic carbocycles. The van der Waals surface area contributed by atoms with Crippen molar-refractivity contribution < 1.29 is 0 Å². The van der Waals surface area contributed by atoms with Gasteiger partial charge in [0.25, 0.3) is 0 Å². The molecule has 2 N–H and O–H groups in total. The molecule has 12 heavy (non-hydrogen) atoms. The maximum atomic E-state index is 4.07. The number of aromatic nitrogens is 4. The Morgan fingerprint density at radius 1 is 1.42 bits per heavy atom. The molecular formula is C6H8N6. The lowest BCUT2D eigenvalue weighted by Gasteiger charge is -2.03. The van der Waals surface area contributed by atoms with Crippen molar-refractivity contribution in [1.29, 1.82) is 0 Å². The fraction of sp³-hybridized carbons (Fsp3) is 0.167. The molecule has 0 bridgehead atoms. The zero-order chi connectivity index (χ0) is 8.39. The molecule has 2 aromatic heterocycles. The number of nitrogens with one attached hydrogen (secondary N) is 2. The summed E-state index contributed by atoms with van der Waals surface area (Å²) in [5, 5.41) is 0. The Kier molecular flexibility index (Phi) is 1.60. The van der Waals surface area contributed by atoms with Gasteiger partial charge in [0, 0.05) is 7.05 Å². The van der Waals surface area contributed by atoms with Crippen LogP contribution in [0.15, 0.2) is 18.9 Å². The third kappa shape index (κ3) is 0.978. The van der Waals surface area contributed by atoms with E-state index in [4.69, 9.17) is 0 Å². The Hall–Kier alpha value is -1.69. The number of hydrogen-bond donors (Lipinski definition) is 2. The van der Waals surface area contributed by atoms with Crippen molar-refractivity contribution in [3.05, 3.63) is 18.9 Å². The maximum Gasteiger partial charge on any atom is 0.183 e. The lowest BCUT2D eigenvalue weighted by molar-refractivity contribution is 0.770. The van der Waals surface area contributed by atoms with Crippen LogP contribution >= 0.6 is 0 Å². The van der Waals surface area contributed by atoms with Gasteiger partial charge in [-0.1, -0.05) is 0 Å². The molecule has 0 amide bonds. The van der Waals surface area contributed by atoms with Crippen molar-refractivity contribution in [3.63, 3.8) is 0 Å². The van der Waals surface area contributed by atoms with Crippen LogP contribution in [0.25, 0.3) is 11.2 Å². The summed E-state index contributed by atoms with van der Waals surface area (Å²) in [5.41, 5.74) is 7.13. The van der Waals surface area contributed by atoms with Crippen LogP contribution in [0, 0.1) is 0 Å². The van der Waals surface area contributed by atoms with E-state index in [1.54, 1.807) is 24.2 Å². The fourth-order valence-corrected chi connectivity index (χ4v) is 0.969. The zero-order valence-electron chi connectivity index (χ0n) is 6.52. The minimum atomic E-state index is 0.749. The zero-order valence-corrected chi connectivity index (χ0v) is 6.52. The summed E-state index contributed by atoms with van der Waals surface area (Å²) in [5.74, 6) is 0. The summed E-state index contributed by atoms with van der Waals surface area (Å²) in [7, 11) is 1.77. The van der Waals surface area contributed by atoms with Crippen molar-refractivity contribution in [2.24, 2.45) is 0 Å². The van der Waals surface area contributed by atoms with Crippen LogP contribution in [0.3, 0.4) is 0 Å². The minimum absolute atomic E-state index is 0.749. The van der Waals surface area contributed by atoms with Gasteiger partial charge in [0.05, 0.1) is 6.20 Å². The molecule has 0 radical (unpaired) electrons. The molecule has 0 unspecified atom stereocenters. The molecule has 6 heteroatoms. The van der Waals surface area contributed by atoms with E-state index in [1.807, 2.05) is 0 Å². The van der Waals surface area contributed by atoms with Crippen molar-refractivity contribution in [2.45, 2.75) is 0 Å². The Balaban J connectivity index is 2.55. The van der Waals surface area contributed by atoms with E-state index < -0.39 is 0 Å². The van der Waals surface area contributed by atoms with Crippen molar-refractivity contribution >= 4 is 11.2 Å². The summed E-state index contributed by atoms with van der Waals surface area (Å²) in [6, 6.07) is 0. The van der Waals surface area contributed by atoms with Gasteiger partial charge >= 0.3 is 0 Å². The van der Waals surface area contributed by atoms with Gasteiger partial charge in [-0.25, -0.2) is 25.1 Å². The van der Waals surface area contributed by atoms with Gasteiger partial charge in [0.15, 0.2) is 5.65 Å². The summed E-state index contributed by atoms with van der Waals surface area (Å²) < 4.78 is 1.68. The third-order valence-electron chi connectivity index (χ3n) is 1.45. The number of rotatable bonds is 2. The number of fused-ring (bicyclic) bond motifs is 1. The van der Waals surface area contributed by atoms with Gasteiger partial charge < -0.3 is 0 Å². The summed E-state index contributed by atoms with van der Waals surface area (Å²) in [6.45, 7) is 0. The number of hydrogen-bond acceptors (Lipinski definition) is 5. The second-order valence-corrected chi connectivity index (χ2v) is 2.21. The number of hydrazine groups is 1. The minimum Gasteiger partial charge on any atom is -0.257 e. The second-order valence-electron chi connectivity index (χ2n) is 2.21. The molecule has 2 heterocycles. The molecule has 2 aromatic rings. The van der Waals surface area contributed by atoms with E-state index in [-0.39, 0.29) is 0 Å². The molecule has 62 valence electrons. The highest BCUT2D eigenvalue weighted by Crippen LogP contribution is 2.03. The van der Waals surface area contributed by atoms with E-state index in [2.05, 4.69) is 25.9 Å². The van der Waals surface area contributed by atoms with E-state index in [0.717, 1.165) is 11.2 Å². The predicted octanol–water partition coefficient (Wildman–Crippen LogP) is -0.496. The largest absolute Gasteiger partial charge is 0.257 e. The molecule has 0 saturated carbocycles. The molecule has 2 rings (SSSR count). The van der Waals surface area contributed by atoms with Crippen molar-refractivity contribution in [1.82, 2.24) is 25.1 Å². The normalized spacial score (nSPS) is 10.4. The van der Waals surface area contributed by atoms with Crippen molar-refractivity contribution in [3.8, 4) is 0 Å². The average molecular weight is 164 g/mol. The lowest BCUT2D eigenvalue weighted by atomic mass is 10.6. The first-order valence-electron chi connectivity index (χ1n) is 3.47. The topological polar surface area (TPSA) is 67.7 Å². The Morgan fingerprint density at radius 3 is 3.17 bits per heavy atom. The summed E-state index contributed by atoms with van der Waals surface area (Å²) in [6.07, 6.45) is 4.78. The lowest BCUT2D eigenvalue weighted by Crippen LogP contribution is -2.25. The van der Waals surface area contributed by atoms with Gasteiger partial charge in [0.1, 0.15) is 18.2 Å². The molecular weight excluding hydrogens is 156 g/mol. The van der Waals surface area contributed by atoms with Crippen LogP contribution < -0.4 is 11.0 Å². The molecule has 0 aliphatic carbocycles. The van der Waals surface area contributed by atoms with Gasteiger partial charge in [-0.3, -0.25) is 5.53 Å². The molecule has 0 fully saturated rings. The van der Waals surface area contributed by atoms with E-state index in [0.29, 0.717) is 0 Å². The Bertz CT molecular complexity index is 380. The average Bonchev–Trinajstić information content (AvgIpc) is 2.50. The maximum absolute atomic E-state index is 4.07. The Labute approximate surface area is 68.6 Å². The Morgan fingerprint density at radius 2 is 2.33 bits per heavy atom. The molecule has 0 saturated heterocycles. The van der Waals surface area contributed by atoms with Crippen LogP contribution in [0.2, 0.25) is 0 Å². The van der Waals surface area contributed by atoms with Gasteiger partial charge in [-0.2, -0.15) is 0 Å². The second kappa shape index (κ2) is 2.74. The van der Waals surface area contributed by atoms with Crippen LogP contribution in [-0.2, 0) is 0 Å². The highest BCUT2D eigenvalue weighted by atomic mass is 15.6. The van der Waals surface area contributed by atoms with E-state index >= 15 is 0 Å². The molecule has 0 atom stereocenters. The first-order chi connectivity index (χ1) is 5.92. The smallest absolute Gasteiger partial charge is 0.183 e. The van der Waals surface area contributed by atoms with Crippen LogP contribution in [-0.4, -0.2) is 26.7 Å². The SMILES string of the molecule is CNNn1cnc2cncnc21. The van der Waals surface area contributed by atoms with Crippen molar-refractivity contribution in [2.75, 3.05) is 12.6 Å². The monoisotopic (exact) mass is 164 g/mol. The first-order valence-corrected chi connectivity index (χ1v) is 3.47. The van der Waals surface area contributed by atoms with Crippen LogP contribution in [0.5, 0.6) is 0 Å². The highest BCUT2D eigenvalue weighted by Gasteiger charge is 2.00. The predicted molar refractivity (Wildman–Crippen MR) is 43.7 cm³/mol. The highest BCUT2D eigenvalue weighted by molar-refractivity contribution is 5.68. The van der Waals surface area contributed by atoms with Crippen LogP contribution in [0.4, 0.5) is 0 Å². The van der Waals surface area contributed by atoms with Gasteiger partial charge in [0.2, 0.25) is 0 Å².